The summed E-state index contributed by atoms with van der Waals surface area (Å²) in [5.41, 5.74) is 3.42. The first-order valence-corrected chi connectivity index (χ1v) is 5.82. The van der Waals surface area contributed by atoms with Crippen molar-refractivity contribution in [3.05, 3.63) is 28.9 Å². The Morgan fingerprint density at radius 1 is 1.35 bits per heavy atom. The van der Waals surface area contributed by atoms with Crippen molar-refractivity contribution >= 4 is 28.3 Å². The predicted octanol–water partition coefficient (Wildman–Crippen LogP) is 2.28. The van der Waals surface area contributed by atoms with Crippen LogP contribution in [0.2, 0.25) is 5.02 Å². The zero-order valence-corrected chi connectivity index (χ0v) is 10.0. The molecule has 3 rings (SSSR count). The number of aromatic nitrogens is 5. The van der Waals surface area contributed by atoms with Gasteiger partial charge in [-0.3, -0.25) is 4.98 Å². The highest BCUT2D eigenvalue weighted by atomic mass is 35.5. The van der Waals surface area contributed by atoms with E-state index in [0.29, 0.717) is 5.65 Å². The maximum atomic E-state index is 6.24. The summed E-state index contributed by atoms with van der Waals surface area (Å²) in [6.07, 6.45) is 3.66. The fourth-order valence-electron chi connectivity index (χ4n) is 1.90. The van der Waals surface area contributed by atoms with Gasteiger partial charge in [-0.05, 0) is 34.5 Å². The summed E-state index contributed by atoms with van der Waals surface area (Å²) in [6.45, 7) is 2.12. The Labute approximate surface area is 102 Å². The molecule has 0 bridgehead atoms. The van der Waals surface area contributed by atoms with Gasteiger partial charge in [-0.1, -0.05) is 24.9 Å². The largest absolute Gasteiger partial charge is 0.251 e. The molecule has 0 N–H and O–H groups in total. The van der Waals surface area contributed by atoms with Crippen molar-refractivity contribution in [1.82, 2.24) is 25.0 Å². The Kier molecular flexibility index (Phi) is 2.40. The maximum absolute atomic E-state index is 6.24. The lowest BCUT2D eigenvalue weighted by Gasteiger charge is -2.05. The summed E-state index contributed by atoms with van der Waals surface area (Å²) in [5.74, 6) is 0. The summed E-state index contributed by atoms with van der Waals surface area (Å²) < 4.78 is 1.64. The van der Waals surface area contributed by atoms with Gasteiger partial charge in [-0.2, -0.15) is 4.52 Å². The summed E-state index contributed by atoms with van der Waals surface area (Å²) >= 11 is 6.24. The van der Waals surface area contributed by atoms with Gasteiger partial charge in [0.15, 0.2) is 5.65 Å². The Balaban J connectivity index is 2.34. The highest BCUT2D eigenvalue weighted by Crippen LogP contribution is 2.23. The second-order valence-corrected chi connectivity index (χ2v) is 4.30. The van der Waals surface area contributed by atoms with Gasteiger partial charge in [-0.25, -0.2) is 0 Å². The van der Waals surface area contributed by atoms with E-state index < -0.39 is 0 Å². The second-order valence-electron chi connectivity index (χ2n) is 3.89. The monoisotopic (exact) mass is 247 g/mol. The Morgan fingerprint density at radius 3 is 3.06 bits per heavy atom. The van der Waals surface area contributed by atoms with Crippen LogP contribution in [0.3, 0.4) is 0 Å². The van der Waals surface area contributed by atoms with Crippen LogP contribution in [-0.2, 0) is 6.42 Å². The molecule has 0 spiro atoms. The van der Waals surface area contributed by atoms with Crippen molar-refractivity contribution < 1.29 is 0 Å². The number of aryl methyl sites for hydroxylation is 1. The Hall–Kier alpha value is -1.75. The van der Waals surface area contributed by atoms with E-state index in [1.165, 1.54) is 0 Å². The molecular formula is C11H10ClN5. The maximum Gasteiger partial charge on any atom is 0.198 e. The average molecular weight is 248 g/mol. The lowest BCUT2D eigenvalue weighted by molar-refractivity contribution is 0.840. The lowest BCUT2D eigenvalue weighted by atomic mass is 10.1. The topological polar surface area (TPSA) is 56.0 Å². The number of tetrazole rings is 1. The van der Waals surface area contributed by atoms with Gasteiger partial charge in [-0.15, -0.1) is 5.10 Å². The number of benzene rings is 1. The third-order valence-electron chi connectivity index (χ3n) is 2.70. The zero-order valence-electron chi connectivity index (χ0n) is 9.26. The zero-order chi connectivity index (χ0) is 11.8. The standard InChI is InChI=1S/C11H10ClN5/c1-2-3-7-4-9-10(5-8(7)12)17-11(6-13-9)14-15-16-17/h4-6H,2-3H2,1H3. The third-order valence-corrected chi connectivity index (χ3v) is 3.06. The van der Waals surface area contributed by atoms with E-state index in [1.54, 1.807) is 10.7 Å². The van der Waals surface area contributed by atoms with E-state index in [2.05, 4.69) is 27.4 Å². The molecule has 0 aliphatic carbocycles. The molecule has 0 saturated heterocycles. The van der Waals surface area contributed by atoms with Crippen molar-refractivity contribution in [3.63, 3.8) is 0 Å². The molecule has 5 nitrogen and oxygen atoms in total. The summed E-state index contributed by atoms with van der Waals surface area (Å²) in [4.78, 5) is 4.34. The van der Waals surface area contributed by atoms with Crippen molar-refractivity contribution in [2.45, 2.75) is 19.8 Å². The van der Waals surface area contributed by atoms with Gasteiger partial charge in [0.1, 0.15) is 0 Å². The molecule has 17 heavy (non-hydrogen) atoms. The van der Waals surface area contributed by atoms with Crippen LogP contribution in [0.4, 0.5) is 0 Å². The average Bonchev–Trinajstić information content (AvgIpc) is 2.79. The van der Waals surface area contributed by atoms with Crippen LogP contribution >= 0.6 is 11.6 Å². The quantitative estimate of drug-likeness (QED) is 0.697. The van der Waals surface area contributed by atoms with Crippen molar-refractivity contribution in [2.75, 3.05) is 0 Å². The van der Waals surface area contributed by atoms with Gasteiger partial charge >= 0.3 is 0 Å². The van der Waals surface area contributed by atoms with Gasteiger partial charge < -0.3 is 0 Å². The highest BCUT2D eigenvalue weighted by molar-refractivity contribution is 6.32. The molecule has 1 aromatic carbocycles. The van der Waals surface area contributed by atoms with Crippen LogP contribution in [0.25, 0.3) is 16.7 Å². The normalized spacial score (nSPS) is 11.4. The first-order valence-electron chi connectivity index (χ1n) is 5.45. The van der Waals surface area contributed by atoms with Crippen molar-refractivity contribution in [1.29, 1.82) is 0 Å². The molecule has 0 fully saturated rings. The van der Waals surface area contributed by atoms with Crippen molar-refractivity contribution in [3.8, 4) is 0 Å². The predicted molar refractivity (Wildman–Crippen MR) is 65.1 cm³/mol. The minimum atomic E-state index is 0.622. The molecule has 6 heteroatoms. The Bertz CT molecular complexity index is 691. The summed E-state index contributed by atoms with van der Waals surface area (Å²) in [6, 6.07) is 3.88. The minimum absolute atomic E-state index is 0.622. The fraction of sp³-hybridized carbons (Fsp3) is 0.273. The molecule has 0 atom stereocenters. The van der Waals surface area contributed by atoms with Crippen LogP contribution in [-0.4, -0.2) is 25.0 Å². The summed E-state index contributed by atoms with van der Waals surface area (Å²) in [5, 5.41) is 12.1. The summed E-state index contributed by atoms with van der Waals surface area (Å²) in [7, 11) is 0. The molecule has 0 aliphatic heterocycles. The van der Waals surface area contributed by atoms with Crippen LogP contribution < -0.4 is 0 Å². The molecule has 86 valence electrons. The van der Waals surface area contributed by atoms with Gasteiger partial charge in [0.05, 0.1) is 17.2 Å². The molecule has 2 aromatic heterocycles. The molecule has 0 amide bonds. The fourth-order valence-corrected chi connectivity index (χ4v) is 2.15. The molecule has 2 heterocycles. The molecule has 0 aliphatic rings. The number of rotatable bonds is 2. The lowest BCUT2D eigenvalue weighted by Crippen LogP contribution is -1.95. The molecule has 0 radical (unpaired) electrons. The number of halogens is 1. The third kappa shape index (κ3) is 1.63. The first kappa shape index (κ1) is 10.4. The highest BCUT2D eigenvalue weighted by Gasteiger charge is 2.08. The van der Waals surface area contributed by atoms with Gasteiger partial charge in [0.25, 0.3) is 0 Å². The van der Waals surface area contributed by atoms with E-state index in [0.717, 1.165) is 34.5 Å². The number of nitrogens with zero attached hydrogens (tertiary/aromatic N) is 5. The van der Waals surface area contributed by atoms with Gasteiger partial charge in [0, 0.05) is 5.02 Å². The molecule has 0 unspecified atom stereocenters. The molecule has 3 aromatic rings. The van der Waals surface area contributed by atoms with E-state index in [1.807, 2.05) is 12.1 Å². The smallest absolute Gasteiger partial charge is 0.198 e. The number of fused-ring (bicyclic) bond motifs is 3. The van der Waals surface area contributed by atoms with Crippen LogP contribution in [0.1, 0.15) is 18.9 Å². The second kappa shape index (κ2) is 3.92. The van der Waals surface area contributed by atoms with Crippen LogP contribution in [0.5, 0.6) is 0 Å². The van der Waals surface area contributed by atoms with E-state index in [-0.39, 0.29) is 0 Å². The van der Waals surface area contributed by atoms with E-state index in [9.17, 15) is 0 Å². The number of hydrogen-bond donors (Lipinski definition) is 0. The van der Waals surface area contributed by atoms with Crippen molar-refractivity contribution in [2.24, 2.45) is 0 Å². The number of hydrogen-bond acceptors (Lipinski definition) is 4. The van der Waals surface area contributed by atoms with Crippen LogP contribution in [0.15, 0.2) is 18.3 Å². The van der Waals surface area contributed by atoms with Gasteiger partial charge in [0.2, 0.25) is 0 Å². The van der Waals surface area contributed by atoms with E-state index >= 15 is 0 Å². The molecule has 0 saturated carbocycles. The Morgan fingerprint density at radius 2 is 2.24 bits per heavy atom. The minimum Gasteiger partial charge on any atom is -0.251 e. The SMILES string of the molecule is CCCc1cc2ncc3nnnn3c2cc1Cl. The molecular weight excluding hydrogens is 238 g/mol. The van der Waals surface area contributed by atoms with Crippen LogP contribution in [0, 0.1) is 0 Å². The van der Waals surface area contributed by atoms with E-state index in [4.69, 9.17) is 11.6 Å². The first-order chi connectivity index (χ1) is 8.29.